The Morgan fingerprint density at radius 1 is 1.38 bits per heavy atom. The van der Waals surface area contributed by atoms with Crippen LogP contribution in [-0.2, 0) is 9.53 Å². The average molecular weight is 228 g/mol. The van der Waals surface area contributed by atoms with Crippen molar-refractivity contribution in [2.24, 2.45) is 11.7 Å². The second kappa shape index (κ2) is 7.63. The Balaban J connectivity index is 2.05. The van der Waals surface area contributed by atoms with Crippen molar-refractivity contribution in [1.29, 1.82) is 0 Å². The Kier molecular flexibility index (Phi) is 6.42. The lowest BCUT2D eigenvalue weighted by molar-refractivity contribution is -0.122. The number of nitrogens with one attached hydrogen (secondary N) is 1. The number of amides is 1. The summed E-state index contributed by atoms with van der Waals surface area (Å²) in [5.41, 5.74) is 5.83. The highest BCUT2D eigenvalue weighted by atomic mass is 16.5. The van der Waals surface area contributed by atoms with E-state index in [0.29, 0.717) is 25.0 Å². The van der Waals surface area contributed by atoms with Crippen LogP contribution in [0.3, 0.4) is 0 Å². The molecule has 1 fully saturated rings. The fraction of sp³-hybridized carbons (Fsp3) is 0.917. The summed E-state index contributed by atoms with van der Waals surface area (Å²) >= 11 is 0. The van der Waals surface area contributed by atoms with Gasteiger partial charge in [0, 0.05) is 32.7 Å². The zero-order valence-electron chi connectivity index (χ0n) is 10.2. The Bertz CT molecular complexity index is 201. The number of hydrogen-bond acceptors (Lipinski definition) is 3. The number of carbonyl (C=O) groups is 1. The Morgan fingerprint density at radius 2 is 2.06 bits per heavy atom. The van der Waals surface area contributed by atoms with Crippen molar-refractivity contribution in [1.82, 2.24) is 5.32 Å². The molecule has 1 saturated carbocycles. The third kappa shape index (κ3) is 5.47. The van der Waals surface area contributed by atoms with Crippen molar-refractivity contribution in [3.05, 3.63) is 0 Å². The first kappa shape index (κ1) is 13.5. The largest absolute Gasteiger partial charge is 0.385 e. The fourth-order valence-electron chi connectivity index (χ4n) is 2.17. The molecule has 1 aliphatic rings. The molecule has 0 heterocycles. The van der Waals surface area contributed by atoms with Crippen LogP contribution in [0.15, 0.2) is 0 Å². The van der Waals surface area contributed by atoms with Gasteiger partial charge in [-0.3, -0.25) is 4.79 Å². The van der Waals surface area contributed by atoms with E-state index < -0.39 is 0 Å². The van der Waals surface area contributed by atoms with Crippen LogP contribution < -0.4 is 11.1 Å². The number of ether oxygens (including phenoxy) is 1. The SMILES string of the molecule is COCCCNC(=O)CC1CCC(N)CC1. The van der Waals surface area contributed by atoms with Gasteiger partial charge in [-0.2, -0.15) is 0 Å². The third-order valence-corrected chi connectivity index (χ3v) is 3.21. The van der Waals surface area contributed by atoms with E-state index in [2.05, 4.69) is 5.32 Å². The molecule has 0 aromatic heterocycles. The third-order valence-electron chi connectivity index (χ3n) is 3.21. The van der Waals surface area contributed by atoms with Crippen molar-refractivity contribution >= 4 is 5.91 Å². The number of carbonyl (C=O) groups excluding carboxylic acids is 1. The highest BCUT2D eigenvalue weighted by molar-refractivity contribution is 5.76. The summed E-state index contributed by atoms with van der Waals surface area (Å²) in [5.74, 6) is 0.721. The first-order chi connectivity index (χ1) is 7.72. The average Bonchev–Trinajstić information content (AvgIpc) is 2.28. The van der Waals surface area contributed by atoms with E-state index in [1.54, 1.807) is 7.11 Å². The molecule has 0 atom stereocenters. The van der Waals surface area contributed by atoms with Gasteiger partial charge in [-0.1, -0.05) is 0 Å². The lowest BCUT2D eigenvalue weighted by atomic mass is 9.84. The highest BCUT2D eigenvalue weighted by Gasteiger charge is 2.20. The van der Waals surface area contributed by atoms with Crippen LogP contribution in [0.25, 0.3) is 0 Å². The molecule has 0 spiro atoms. The Labute approximate surface area is 97.9 Å². The first-order valence-corrected chi connectivity index (χ1v) is 6.23. The van der Waals surface area contributed by atoms with E-state index in [1.807, 2.05) is 0 Å². The van der Waals surface area contributed by atoms with Crippen molar-refractivity contribution in [3.63, 3.8) is 0 Å². The van der Waals surface area contributed by atoms with Gasteiger partial charge in [-0.05, 0) is 38.0 Å². The molecular weight excluding hydrogens is 204 g/mol. The van der Waals surface area contributed by atoms with Gasteiger partial charge < -0.3 is 15.8 Å². The zero-order valence-corrected chi connectivity index (χ0v) is 10.2. The van der Waals surface area contributed by atoms with Gasteiger partial charge in [-0.25, -0.2) is 0 Å². The highest BCUT2D eigenvalue weighted by Crippen LogP contribution is 2.25. The van der Waals surface area contributed by atoms with Crippen LogP contribution in [0.5, 0.6) is 0 Å². The maximum absolute atomic E-state index is 11.6. The molecule has 1 amide bonds. The summed E-state index contributed by atoms with van der Waals surface area (Å²) in [7, 11) is 1.67. The molecule has 0 radical (unpaired) electrons. The van der Waals surface area contributed by atoms with Crippen molar-refractivity contribution in [2.75, 3.05) is 20.3 Å². The predicted octanol–water partition coefficient (Wildman–Crippen LogP) is 1.05. The van der Waals surface area contributed by atoms with E-state index in [-0.39, 0.29) is 5.91 Å². The summed E-state index contributed by atoms with van der Waals surface area (Å²) < 4.78 is 4.92. The molecule has 0 saturated heterocycles. The summed E-state index contributed by atoms with van der Waals surface area (Å²) in [4.78, 5) is 11.6. The predicted molar refractivity (Wildman–Crippen MR) is 64.1 cm³/mol. The molecule has 0 aromatic carbocycles. The molecule has 0 unspecified atom stereocenters. The quantitative estimate of drug-likeness (QED) is 0.668. The number of nitrogens with two attached hydrogens (primary N) is 1. The van der Waals surface area contributed by atoms with Gasteiger partial charge in [0.15, 0.2) is 0 Å². The second-order valence-corrected chi connectivity index (χ2v) is 4.68. The Hall–Kier alpha value is -0.610. The van der Waals surface area contributed by atoms with Crippen LogP contribution >= 0.6 is 0 Å². The van der Waals surface area contributed by atoms with E-state index in [4.69, 9.17) is 10.5 Å². The van der Waals surface area contributed by atoms with E-state index in [0.717, 1.165) is 38.6 Å². The van der Waals surface area contributed by atoms with Crippen LogP contribution in [0.4, 0.5) is 0 Å². The topological polar surface area (TPSA) is 64.3 Å². The number of hydrogen-bond donors (Lipinski definition) is 2. The van der Waals surface area contributed by atoms with E-state index in [1.165, 1.54) is 0 Å². The molecule has 4 heteroatoms. The summed E-state index contributed by atoms with van der Waals surface area (Å²) in [5, 5.41) is 2.93. The minimum absolute atomic E-state index is 0.177. The molecule has 1 rings (SSSR count). The molecule has 0 aliphatic heterocycles. The number of rotatable bonds is 6. The van der Waals surface area contributed by atoms with Gasteiger partial charge in [-0.15, -0.1) is 0 Å². The maximum atomic E-state index is 11.6. The summed E-state index contributed by atoms with van der Waals surface area (Å²) in [6.45, 7) is 1.43. The van der Waals surface area contributed by atoms with Crippen LogP contribution in [0.2, 0.25) is 0 Å². The van der Waals surface area contributed by atoms with Gasteiger partial charge >= 0.3 is 0 Å². The first-order valence-electron chi connectivity index (χ1n) is 6.23. The van der Waals surface area contributed by atoms with Crippen molar-refractivity contribution in [3.8, 4) is 0 Å². The lowest BCUT2D eigenvalue weighted by Crippen LogP contribution is -2.31. The van der Waals surface area contributed by atoms with Crippen molar-refractivity contribution < 1.29 is 9.53 Å². The zero-order chi connectivity index (χ0) is 11.8. The summed E-state index contributed by atoms with van der Waals surface area (Å²) in [6, 6.07) is 0.362. The van der Waals surface area contributed by atoms with Crippen molar-refractivity contribution in [2.45, 2.75) is 44.6 Å². The van der Waals surface area contributed by atoms with Gasteiger partial charge in [0.05, 0.1) is 0 Å². The lowest BCUT2D eigenvalue weighted by Gasteiger charge is -2.25. The van der Waals surface area contributed by atoms with E-state index in [9.17, 15) is 4.79 Å². The molecule has 16 heavy (non-hydrogen) atoms. The van der Waals surface area contributed by atoms with Gasteiger partial charge in [0.25, 0.3) is 0 Å². The normalized spacial score (nSPS) is 25.4. The number of methoxy groups -OCH3 is 1. The minimum atomic E-state index is 0.177. The van der Waals surface area contributed by atoms with Crippen LogP contribution in [-0.4, -0.2) is 32.2 Å². The molecule has 1 aliphatic carbocycles. The molecule has 0 aromatic rings. The van der Waals surface area contributed by atoms with Gasteiger partial charge in [0.2, 0.25) is 5.91 Å². The summed E-state index contributed by atoms with van der Waals surface area (Å²) in [6.07, 6.45) is 5.90. The molecule has 0 bridgehead atoms. The molecular formula is C12H24N2O2. The van der Waals surface area contributed by atoms with Crippen LogP contribution in [0, 0.1) is 5.92 Å². The Morgan fingerprint density at radius 3 is 2.69 bits per heavy atom. The van der Waals surface area contributed by atoms with E-state index >= 15 is 0 Å². The fourth-order valence-corrected chi connectivity index (χ4v) is 2.17. The van der Waals surface area contributed by atoms with Gasteiger partial charge in [0.1, 0.15) is 0 Å². The maximum Gasteiger partial charge on any atom is 0.220 e. The van der Waals surface area contributed by atoms with Crippen LogP contribution in [0.1, 0.15) is 38.5 Å². The minimum Gasteiger partial charge on any atom is -0.385 e. The monoisotopic (exact) mass is 228 g/mol. The molecule has 3 N–H and O–H groups in total. The smallest absolute Gasteiger partial charge is 0.220 e. The molecule has 4 nitrogen and oxygen atoms in total. The second-order valence-electron chi connectivity index (χ2n) is 4.68. The molecule has 94 valence electrons. The standard InChI is InChI=1S/C12H24N2O2/c1-16-8-2-7-14-12(15)9-10-3-5-11(13)6-4-10/h10-11H,2-9,13H2,1H3,(H,14,15).